The number of ether oxygens (including phenoxy) is 1. The van der Waals surface area contributed by atoms with E-state index < -0.39 is 6.23 Å². The second kappa shape index (κ2) is 6.90. The van der Waals surface area contributed by atoms with Gasteiger partial charge in [0, 0.05) is 11.1 Å². The molecule has 1 unspecified atom stereocenters. The van der Waals surface area contributed by atoms with Gasteiger partial charge in [0.1, 0.15) is 17.2 Å². The Balaban J connectivity index is 1.47. The predicted molar refractivity (Wildman–Crippen MR) is 99.3 cm³/mol. The Labute approximate surface area is 151 Å². The molecule has 3 aromatic carbocycles. The summed E-state index contributed by atoms with van der Waals surface area (Å²) in [6.07, 6.45) is -0.436. The standard InChI is InChI=1S/C21H18N2O3/c1-14-2-10-18(11-3-14)25-19-12-6-15(7-13-19)20-22-21(26-23-20)16-4-8-17(24)9-5-16/h2-13,21,24H,1H3,(H,22,23). The van der Waals surface area contributed by atoms with E-state index in [0.717, 1.165) is 22.6 Å². The van der Waals surface area contributed by atoms with E-state index in [4.69, 9.17) is 9.57 Å². The lowest BCUT2D eigenvalue weighted by molar-refractivity contribution is 0.0377. The monoisotopic (exact) mass is 346 g/mol. The molecule has 1 atom stereocenters. The van der Waals surface area contributed by atoms with Crippen LogP contribution in [0.5, 0.6) is 17.2 Å². The molecule has 1 heterocycles. The van der Waals surface area contributed by atoms with Crippen LogP contribution in [0.1, 0.15) is 22.9 Å². The Morgan fingerprint density at radius 2 is 1.50 bits per heavy atom. The van der Waals surface area contributed by atoms with Crippen molar-refractivity contribution in [3.63, 3.8) is 0 Å². The quantitative estimate of drug-likeness (QED) is 0.731. The molecular weight excluding hydrogens is 328 g/mol. The fourth-order valence-electron chi connectivity index (χ4n) is 2.62. The van der Waals surface area contributed by atoms with Crippen LogP contribution in [0.2, 0.25) is 0 Å². The molecule has 1 aliphatic heterocycles. The van der Waals surface area contributed by atoms with Gasteiger partial charge in [-0.05, 0) is 55.5 Å². The number of nitrogens with one attached hydrogen (secondary N) is 1. The molecule has 1 aliphatic rings. The summed E-state index contributed by atoms with van der Waals surface area (Å²) in [5.41, 5.74) is 5.82. The number of phenols is 1. The van der Waals surface area contributed by atoms with Crippen molar-refractivity contribution in [3.05, 3.63) is 89.5 Å². The first-order valence-corrected chi connectivity index (χ1v) is 8.31. The molecule has 0 saturated carbocycles. The molecule has 4 rings (SSSR count). The number of rotatable bonds is 4. The summed E-state index contributed by atoms with van der Waals surface area (Å²) in [7, 11) is 0. The molecular formula is C21H18N2O3. The van der Waals surface area contributed by atoms with E-state index in [-0.39, 0.29) is 5.75 Å². The molecule has 0 amide bonds. The van der Waals surface area contributed by atoms with Crippen LogP contribution >= 0.6 is 0 Å². The number of nitrogens with zero attached hydrogens (tertiary/aromatic N) is 1. The first kappa shape index (κ1) is 16.2. The smallest absolute Gasteiger partial charge is 0.202 e. The summed E-state index contributed by atoms with van der Waals surface area (Å²) in [6.45, 7) is 2.04. The Morgan fingerprint density at radius 1 is 0.885 bits per heavy atom. The summed E-state index contributed by atoms with van der Waals surface area (Å²) >= 11 is 0. The molecule has 0 aliphatic carbocycles. The first-order chi connectivity index (χ1) is 12.7. The van der Waals surface area contributed by atoms with Gasteiger partial charge in [-0.2, -0.15) is 0 Å². The molecule has 0 bridgehead atoms. The molecule has 2 N–H and O–H groups in total. The zero-order valence-corrected chi connectivity index (χ0v) is 14.2. The van der Waals surface area contributed by atoms with Gasteiger partial charge >= 0.3 is 0 Å². The van der Waals surface area contributed by atoms with Gasteiger partial charge in [-0.3, -0.25) is 0 Å². The van der Waals surface area contributed by atoms with Crippen molar-refractivity contribution in [1.82, 2.24) is 5.48 Å². The zero-order valence-electron chi connectivity index (χ0n) is 14.2. The fourth-order valence-corrected chi connectivity index (χ4v) is 2.62. The first-order valence-electron chi connectivity index (χ1n) is 8.31. The van der Waals surface area contributed by atoms with Crippen molar-refractivity contribution in [3.8, 4) is 17.2 Å². The van der Waals surface area contributed by atoms with Crippen LogP contribution in [0.25, 0.3) is 0 Å². The summed E-state index contributed by atoms with van der Waals surface area (Å²) in [5, 5.41) is 9.37. The maximum Gasteiger partial charge on any atom is 0.202 e. The topological polar surface area (TPSA) is 63.1 Å². The lowest BCUT2D eigenvalue weighted by Gasteiger charge is -2.07. The summed E-state index contributed by atoms with van der Waals surface area (Å²) in [5.74, 6) is 2.43. The largest absolute Gasteiger partial charge is 0.508 e. The zero-order chi connectivity index (χ0) is 17.9. The average Bonchev–Trinajstić information content (AvgIpc) is 3.15. The van der Waals surface area contributed by atoms with Gasteiger partial charge in [-0.1, -0.05) is 29.8 Å². The highest BCUT2D eigenvalue weighted by Crippen LogP contribution is 2.26. The third kappa shape index (κ3) is 3.53. The Bertz CT molecular complexity index is 917. The number of aryl methyl sites for hydroxylation is 1. The van der Waals surface area contributed by atoms with Crippen molar-refractivity contribution in [2.24, 2.45) is 4.99 Å². The number of phenolic OH excluding ortho intramolecular Hbond substituents is 1. The minimum Gasteiger partial charge on any atom is -0.508 e. The van der Waals surface area contributed by atoms with Crippen LogP contribution in [0.4, 0.5) is 0 Å². The van der Waals surface area contributed by atoms with Gasteiger partial charge in [0.2, 0.25) is 6.23 Å². The fraction of sp³-hybridized carbons (Fsp3) is 0.0952. The van der Waals surface area contributed by atoms with Gasteiger partial charge in [0.25, 0.3) is 0 Å². The third-order valence-electron chi connectivity index (χ3n) is 4.08. The Kier molecular flexibility index (Phi) is 4.29. The lowest BCUT2D eigenvalue weighted by atomic mass is 10.2. The molecule has 0 fully saturated rings. The van der Waals surface area contributed by atoms with Crippen LogP contribution in [-0.2, 0) is 4.84 Å². The predicted octanol–water partition coefficient (Wildman–Crippen LogP) is 4.47. The van der Waals surface area contributed by atoms with Crippen molar-refractivity contribution >= 4 is 5.84 Å². The number of aliphatic imine (C=N–C) groups is 1. The molecule has 130 valence electrons. The van der Waals surface area contributed by atoms with Crippen molar-refractivity contribution < 1.29 is 14.7 Å². The molecule has 5 nitrogen and oxygen atoms in total. The number of hydrogen-bond donors (Lipinski definition) is 2. The molecule has 26 heavy (non-hydrogen) atoms. The van der Waals surface area contributed by atoms with Crippen molar-refractivity contribution in [2.45, 2.75) is 13.2 Å². The SMILES string of the molecule is Cc1ccc(Oc2ccc(C3=NC(c4ccc(O)cc4)ON3)cc2)cc1. The Morgan fingerprint density at radius 3 is 2.15 bits per heavy atom. The molecule has 0 saturated heterocycles. The maximum absolute atomic E-state index is 9.37. The number of benzene rings is 3. The minimum absolute atomic E-state index is 0.216. The van der Waals surface area contributed by atoms with E-state index in [0.29, 0.717) is 5.84 Å². The maximum atomic E-state index is 9.37. The van der Waals surface area contributed by atoms with Crippen LogP contribution in [0, 0.1) is 6.92 Å². The van der Waals surface area contributed by atoms with Gasteiger partial charge in [0.05, 0.1) is 0 Å². The molecule has 3 aromatic rings. The Hall–Kier alpha value is -3.31. The van der Waals surface area contributed by atoms with Crippen LogP contribution in [-0.4, -0.2) is 10.9 Å². The molecule has 0 radical (unpaired) electrons. The number of amidine groups is 1. The van der Waals surface area contributed by atoms with Gasteiger partial charge in [0.15, 0.2) is 5.84 Å². The van der Waals surface area contributed by atoms with Gasteiger partial charge < -0.3 is 9.84 Å². The van der Waals surface area contributed by atoms with E-state index in [1.165, 1.54) is 5.56 Å². The van der Waals surface area contributed by atoms with E-state index in [9.17, 15) is 5.11 Å². The highest BCUT2D eigenvalue weighted by molar-refractivity contribution is 5.99. The summed E-state index contributed by atoms with van der Waals surface area (Å²) in [6, 6.07) is 22.4. The molecule has 0 spiro atoms. The second-order valence-corrected chi connectivity index (χ2v) is 6.08. The summed E-state index contributed by atoms with van der Waals surface area (Å²) in [4.78, 5) is 10.1. The van der Waals surface area contributed by atoms with E-state index in [1.54, 1.807) is 24.3 Å². The number of hydroxylamine groups is 1. The highest BCUT2D eigenvalue weighted by atomic mass is 16.7. The van der Waals surface area contributed by atoms with Crippen LogP contribution < -0.4 is 10.2 Å². The lowest BCUT2D eigenvalue weighted by Crippen LogP contribution is -2.17. The number of aromatic hydroxyl groups is 1. The van der Waals surface area contributed by atoms with Crippen LogP contribution in [0.3, 0.4) is 0 Å². The minimum atomic E-state index is -0.436. The number of hydrogen-bond acceptors (Lipinski definition) is 5. The van der Waals surface area contributed by atoms with E-state index in [2.05, 4.69) is 10.5 Å². The van der Waals surface area contributed by atoms with Gasteiger partial charge in [-0.25, -0.2) is 15.3 Å². The highest BCUT2D eigenvalue weighted by Gasteiger charge is 2.20. The van der Waals surface area contributed by atoms with Crippen LogP contribution in [0.15, 0.2) is 77.8 Å². The van der Waals surface area contributed by atoms with E-state index >= 15 is 0 Å². The molecule has 5 heteroatoms. The van der Waals surface area contributed by atoms with Gasteiger partial charge in [-0.15, -0.1) is 0 Å². The van der Waals surface area contributed by atoms with E-state index in [1.807, 2.05) is 55.5 Å². The van der Waals surface area contributed by atoms with Crippen molar-refractivity contribution in [2.75, 3.05) is 0 Å². The average molecular weight is 346 g/mol. The van der Waals surface area contributed by atoms with Crippen molar-refractivity contribution in [1.29, 1.82) is 0 Å². The normalized spacial score (nSPS) is 16.0. The molecule has 0 aromatic heterocycles. The third-order valence-corrected chi connectivity index (χ3v) is 4.08. The summed E-state index contributed by atoms with van der Waals surface area (Å²) < 4.78 is 5.84. The second-order valence-electron chi connectivity index (χ2n) is 6.08.